The van der Waals surface area contributed by atoms with Gasteiger partial charge in [0, 0.05) is 5.69 Å². The van der Waals surface area contributed by atoms with Crippen LogP contribution in [0.5, 0.6) is 11.5 Å². The van der Waals surface area contributed by atoms with E-state index in [1.165, 1.54) is 0 Å². The third-order valence-electron chi connectivity index (χ3n) is 3.86. The summed E-state index contributed by atoms with van der Waals surface area (Å²) in [4.78, 5) is 12.5. The summed E-state index contributed by atoms with van der Waals surface area (Å²) < 4.78 is 10.9. The zero-order valence-corrected chi connectivity index (χ0v) is 14.1. The molecular weight excluding hydrogens is 290 g/mol. The molecule has 2 rings (SSSR count). The molecule has 0 radical (unpaired) electrons. The van der Waals surface area contributed by atoms with Gasteiger partial charge in [-0.25, -0.2) is 0 Å². The monoisotopic (exact) mass is 313 g/mol. The number of nitrogens with one attached hydrogen (secondary N) is 1. The van der Waals surface area contributed by atoms with Crippen LogP contribution in [0.3, 0.4) is 0 Å². The van der Waals surface area contributed by atoms with Crippen LogP contribution in [0.2, 0.25) is 0 Å². The van der Waals surface area contributed by atoms with E-state index >= 15 is 0 Å². The first kappa shape index (κ1) is 16.9. The summed E-state index contributed by atoms with van der Waals surface area (Å²) in [6, 6.07) is 13.1. The maximum Gasteiger partial charge on any atom is 0.265 e. The first-order valence-electron chi connectivity index (χ1n) is 7.73. The van der Waals surface area contributed by atoms with Gasteiger partial charge in [-0.15, -0.1) is 0 Å². The number of hydrogen-bond acceptors (Lipinski definition) is 3. The van der Waals surface area contributed by atoms with Crippen molar-refractivity contribution in [3.05, 3.63) is 53.6 Å². The molecular formula is C19H23NO3. The predicted octanol–water partition coefficient (Wildman–Crippen LogP) is 4.11. The van der Waals surface area contributed by atoms with Crippen molar-refractivity contribution >= 4 is 11.6 Å². The molecule has 1 atom stereocenters. The van der Waals surface area contributed by atoms with E-state index in [9.17, 15) is 4.79 Å². The molecule has 0 bridgehead atoms. The number of benzene rings is 2. The Hall–Kier alpha value is -2.49. The summed E-state index contributed by atoms with van der Waals surface area (Å²) in [5.74, 6) is 1.26. The molecule has 4 nitrogen and oxygen atoms in total. The number of carbonyl (C=O) groups excluding carboxylic acids is 1. The molecule has 0 aliphatic carbocycles. The third-order valence-corrected chi connectivity index (χ3v) is 3.86. The van der Waals surface area contributed by atoms with Crippen molar-refractivity contribution in [1.29, 1.82) is 0 Å². The van der Waals surface area contributed by atoms with Crippen molar-refractivity contribution < 1.29 is 14.3 Å². The number of carbonyl (C=O) groups is 1. The van der Waals surface area contributed by atoms with Gasteiger partial charge in [0.15, 0.2) is 6.10 Å². The van der Waals surface area contributed by atoms with Gasteiger partial charge in [0.05, 0.1) is 7.11 Å². The van der Waals surface area contributed by atoms with E-state index in [4.69, 9.17) is 9.47 Å². The van der Waals surface area contributed by atoms with Gasteiger partial charge in [0.25, 0.3) is 5.91 Å². The minimum absolute atomic E-state index is 0.142. The molecule has 122 valence electrons. The molecule has 0 aliphatic rings. The quantitative estimate of drug-likeness (QED) is 0.873. The van der Waals surface area contributed by atoms with Crippen molar-refractivity contribution in [3.8, 4) is 11.5 Å². The van der Waals surface area contributed by atoms with Gasteiger partial charge in [0.1, 0.15) is 11.5 Å². The lowest BCUT2D eigenvalue weighted by Crippen LogP contribution is -2.32. The smallest absolute Gasteiger partial charge is 0.265 e. The lowest BCUT2D eigenvalue weighted by Gasteiger charge is -2.18. The number of methoxy groups -OCH3 is 1. The van der Waals surface area contributed by atoms with E-state index < -0.39 is 6.10 Å². The van der Waals surface area contributed by atoms with Crippen LogP contribution in [0, 0.1) is 13.8 Å². The van der Waals surface area contributed by atoms with E-state index in [2.05, 4.69) is 5.32 Å². The molecule has 23 heavy (non-hydrogen) atoms. The van der Waals surface area contributed by atoms with Crippen LogP contribution in [-0.2, 0) is 4.79 Å². The van der Waals surface area contributed by atoms with Gasteiger partial charge < -0.3 is 14.8 Å². The van der Waals surface area contributed by atoms with Crippen LogP contribution < -0.4 is 14.8 Å². The van der Waals surface area contributed by atoms with Gasteiger partial charge >= 0.3 is 0 Å². The highest BCUT2D eigenvalue weighted by atomic mass is 16.5. The molecule has 0 saturated carbocycles. The summed E-state index contributed by atoms with van der Waals surface area (Å²) in [5, 5.41) is 2.96. The molecule has 2 aromatic carbocycles. The Bertz CT molecular complexity index is 665. The number of hydrogen-bond donors (Lipinski definition) is 1. The molecule has 1 amide bonds. The van der Waals surface area contributed by atoms with E-state index in [-0.39, 0.29) is 5.91 Å². The van der Waals surface area contributed by atoms with Crippen LogP contribution in [-0.4, -0.2) is 19.1 Å². The normalized spacial score (nSPS) is 11.7. The van der Waals surface area contributed by atoms with E-state index in [1.54, 1.807) is 19.2 Å². The number of anilines is 1. The average Bonchev–Trinajstić information content (AvgIpc) is 2.57. The second kappa shape index (κ2) is 7.68. The maximum absolute atomic E-state index is 12.5. The summed E-state index contributed by atoms with van der Waals surface area (Å²) >= 11 is 0. The van der Waals surface area contributed by atoms with Crippen molar-refractivity contribution in [2.75, 3.05) is 12.4 Å². The van der Waals surface area contributed by atoms with Gasteiger partial charge in [0.2, 0.25) is 0 Å². The zero-order chi connectivity index (χ0) is 16.8. The number of rotatable bonds is 6. The molecule has 4 heteroatoms. The lowest BCUT2D eigenvalue weighted by atomic mass is 10.1. The number of ether oxygens (including phenoxy) is 2. The van der Waals surface area contributed by atoms with Crippen LogP contribution >= 0.6 is 0 Å². The topological polar surface area (TPSA) is 47.6 Å². The number of amides is 1. The Morgan fingerprint density at radius 1 is 1.09 bits per heavy atom. The molecule has 0 fully saturated rings. The molecule has 1 unspecified atom stereocenters. The zero-order valence-electron chi connectivity index (χ0n) is 14.1. The molecule has 1 N–H and O–H groups in total. The first-order chi connectivity index (χ1) is 11.0. The minimum atomic E-state index is -0.539. The summed E-state index contributed by atoms with van der Waals surface area (Å²) in [7, 11) is 1.61. The number of aryl methyl sites for hydroxylation is 1. The van der Waals surface area contributed by atoms with Gasteiger partial charge in [-0.3, -0.25) is 4.79 Å². The van der Waals surface area contributed by atoms with Crippen molar-refractivity contribution in [1.82, 2.24) is 0 Å². The highest BCUT2D eigenvalue weighted by molar-refractivity contribution is 5.95. The Morgan fingerprint density at radius 3 is 2.35 bits per heavy atom. The van der Waals surface area contributed by atoms with Gasteiger partial charge in [-0.1, -0.05) is 19.1 Å². The fourth-order valence-electron chi connectivity index (χ4n) is 2.24. The highest BCUT2D eigenvalue weighted by Crippen LogP contribution is 2.21. The fourth-order valence-corrected chi connectivity index (χ4v) is 2.24. The summed E-state index contributed by atoms with van der Waals surface area (Å²) in [5.41, 5.74) is 3.04. The first-order valence-corrected chi connectivity index (χ1v) is 7.73. The SMILES string of the molecule is CCC(Oc1ccc(OC)cc1)C(=O)Nc1cccc(C)c1C. The van der Waals surface area contributed by atoms with Crippen LogP contribution in [0.15, 0.2) is 42.5 Å². The second-order valence-corrected chi connectivity index (χ2v) is 5.43. The highest BCUT2D eigenvalue weighted by Gasteiger charge is 2.19. The molecule has 0 saturated heterocycles. The van der Waals surface area contributed by atoms with Crippen LogP contribution in [0.4, 0.5) is 5.69 Å². The third kappa shape index (κ3) is 4.25. The predicted molar refractivity (Wildman–Crippen MR) is 92.2 cm³/mol. The Balaban J connectivity index is 2.07. The fraction of sp³-hybridized carbons (Fsp3) is 0.316. The van der Waals surface area contributed by atoms with Crippen molar-refractivity contribution in [3.63, 3.8) is 0 Å². The second-order valence-electron chi connectivity index (χ2n) is 5.43. The van der Waals surface area contributed by atoms with E-state index in [0.29, 0.717) is 12.2 Å². The molecule has 0 heterocycles. The maximum atomic E-state index is 12.5. The Morgan fingerprint density at radius 2 is 1.74 bits per heavy atom. The lowest BCUT2D eigenvalue weighted by molar-refractivity contribution is -0.122. The largest absolute Gasteiger partial charge is 0.497 e. The Kier molecular flexibility index (Phi) is 5.63. The van der Waals surface area contributed by atoms with E-state index in [0.717, 1.165) is 22.6 Å². The summed E-state index contributed by atoms with van der Waals surface area (Å²) in [6.07, 6.45) is 0.0474. The van der Waals surface area contributed by atoms with Crippen LogP contribution in [0.1, 0.15) is 24.5 Å². The van der Waals surface area contributed by atoms with E-state index in [1.807, 2.05) is 51.1 Å². The molecule has 0 aliphatic heterocycles. The van der Waals surface area contributed by atoms with Crippen molar-refractivity contribution in [2.45, 2.75) is 33.3 Å². The van der Waals surface area contributed by atoms with Crippen molar-refractivity contribution in [2.24, 2.45) is 0 Å². The summed E-state index contributed by atoms with van der Waals surface area (Å²) in [6.45, 7) is 5.95. The minimum Gasteiger partial charge on any atom is -0.497 e. The molecule has 0 spiro atoms. The average molecular weight is 313 g/mol. The van der Waals surface area contributed by atoms with Gasteiger partial charge in [-0.05, 0) is 61.7 Å². The molecule has 2 aromatic rings. The van der Waals surface area contributed by atoms with Crippen LogP contribution in [0.25, 0.3) is 0 Å². The Labute approximate surface area is 137 Å². The molecule has 0 aromatic heterocycles. The van der Waals surface area contributed by atoms with Gasteiger partial charge in [-0.2, -0.15) is 0 Å². The standard InChI is InChI=1S/C19H23NO3/c1-5-18(23-16-11-9-15(22-4)10-12-16)19(21)20-17-8-6-7-13(2)14(17)3/h6-12,18H,5H2,1-4H3,(H,20,21).